The Kier molecular flexibility index (Phi) is 6.21. The minimum atomic E-state index is -2.10. The number of benzene rings is 5. The van der Waals surface area contributed by atoms with Gasteiger partial charge in [0.15, 0.2) is 0 Å². The van der Waals surface area contributed by atoms with Gasteiger partial charge in [0.05, 0.1) is 4.90 Å². The first kappa shape index (κ1) is 20.8. The molecule has 5 rings (SSSR count). The lowest BCUT2D eigenvalue weighted by molar-refractivity contribution is 1.43. The molecule has 0 saturated heterocycles. The van der Waals surface area contributed by atoms with Crippen molar-refractivity contribution in [3.8, 4) is 0 Å². The van der Waals surface area contributed by atoms with Gasteiger partial charge in [-0.15, -0.1) is 0 Å². The van der Waals surface area contributed by atoms with Crippen molar-refractivity contribution < 1.29 is 0 Å². The predicted molar refractivity (Wildman–Crippen MR) is 142 cm³/mol. The van der Waals surface area contributed by atoms with Crippen LogP contribution >= 0.6 is 19.0 Å². The molecule has 0 bridgehead atoms. The van der Waals surface area contributed by atoms with Crippen LogP contribution in [0.3, 0.4) is 0 Å². The fourth-order valence-corrected chi connectivity index (χ4v) is 9.97. The molecular formula is C30H24PS+. The standard InChI is InChI=1S/C30H24PS/c1-5-15-25(16-6-1)31(26-17-7-2-8-18-26,27-19-9-3-10-20-27)29-23-13-14-24-30(29)32-28-21-11-4-12-22-28/h1-24H/q+1. The van der Waals surface area contributed by atoms with Crippen LogP contribution in [-0.2, 0) is 0 Å². The summed E-state index contributed by atoms with van der Waals surface area (Å²) in [6, 6.07) is 52.8. The first-order chi connectivity index (χ1) is 15.9. The molecule has 0 heterocycles. The average molecular weight is 448 g/mol. The largest absolute Gasteiger partial charge is 0.145 e. The summed E-state index contributed by atoms with van der Waals surface area (Å²) in [5.74, 6) is 0. The quantitative estimate of drug-likeness (QED) is 0.269. The van der Waals surface area contributed by atoms with Crippen LogP contribution < -0.4 is 21.2 Å². The van der Waals surface area contributed by atoms with Gasteiger partial charge >= 0.3 is 0 Å². The van der Waals surface area contributed by atoms with E-state index in [-0.39, 0.29) is 0 Å². The Bertz CT molecular complexity index is 1170. The van der Waals surface area contributed by atoms with Crippen molar-refractivity contribution in [1.29, 1.82) is 0 Å². The Morgan fingerprint density at radius 2 is 0.750 bits per heavy atom. The summed E-state index contributed by atoms with van der Waals surface area (Å²) in [5, 5.41) is 5.52. The highest BCUT2D eigenvalue weighted by molar-refractivity contribution is 8.04. The third kappa shape index (κ3) is 3.91. The van der Waals surface area contributed by atoms with E-state index in [9.17, 15) is 0 Å². The normalized spacial score (nSPS) is 11.2. The van der Waals surface area contributed by atoms with Crippen molar-refractivity contribution in [3.05, 3.63) is 146 Å². The fourth-order valence-electron chi connectivity index (χ4n) is 4.26. The lowest BCUT2D eigenvalue weighted by Crippen LogP contribution is -2.39. The lowest BCUT2D eigenvalue weighted by atomic mass is 10.3. The third-order valence-corrected chi connectivity index (χ3v) is 11.2. The molecule has 0 aromatic heterocycles. The van der Waals surface area contributed by atoms with Gasteiger partial charge in [-0.05, 0) is 60.7 Å². The maximum atomic E-state index is 2.34. The average Bonchev–Trinajstić information content (AvgIpc) is 2.88. The SMILES string of the molecule is c1ccc(Sc2ccccc2[P+](c2ccccc2)(c2ccccc2)c2ccccc2)cc1. The Balaban J connectivity index is 1.84. The molecule has 0 aliphatic rings. The highest BCUT2D eigenvalue weighted by Crippen LogP contribution is 2.56. The van der Waals surface area contributed by atoms with Crippen molar-refractivity contribution in [2.45, 2.75) is 9.79 Å². The minimum absolute atomic E-state index is 1.26. The second kappa shape index (κ2) is 9.57. The second-order valence-electron chi connectivity index (χ2n) is 7.56. The van der Waals surface area contributed by atoms with Gasteiger partial charge in [0.1, 0.15) is 28.5 Å². The van der Waals surface area contributed by atoms with Crippen molar-refractivity contribution in [1.82, 2.24) is 0 Å². The Labute approximate surface area is 195 Å². The topological polar surface area (TPSA) is 0 Å². The molecule has 0 radical (unpaired) electrons. The molecule has 0 N–H and O–H groups in total. The number of hydrogen-bond acceptors (Lipinski definition) is 1. The maximum Gasteiger partial charge on any atom is 0.145 e. The first-order valence-corrected chi connectivity index (χ1v) is 13.4. The molecule has 0 nitrogen and oxygen atoms in total. The van der Waals surface area contributed by atoms with Crippen LogP contribution in [0.25, 0.3) is 0 Å². The van der Waals surface area contributed by atoms with Crippen molar-refractivity contribution in [3.63, 3.8) is 0 Å². The molecule has 0 aliphatic carbocycles. The molecule has 2 heteroatoms. The van der Waals surface area contributed by atoms with Crippen molar-refractivity contribution in [2.24, 2.45) is 0 Å². The van der Waals surface area contributed by atoms with Gasteiger partial charge in [0.25, 0.3) is 0 Å². The van der Waals surface area contributed by atoms with E-state index in [1.165, 1.54) is 31.0 Å². The van der Waals surface area contributed by atoms with E-state index in [2.05, 4.69) is 146 Å². The minimum Gasteiger partial charge on any atom is -0.0859 e. The van der Waals surface area contributed by atoms with Crippen molar-refractivity contribution >= 4 is 40.2 Å². The van der Waals surface area contributed by atoms with Gasteiger partial charge in [0.2, 0.25) is 0 Å². The van der Waals surface area contributed by atoms with Gasteiger partial charge in [-0.25, -0.2) is 0 Å². The first-order valence-electron chi connectivity index (χ1n) is 10.8. The molecule has 0 fully saturated rings. The Morgan fingerprint density at radius 3 is 1.22 bits per heavy atom. The third-order valence-electron chi connectivity index (χ3n) is 5.63. The van der Waals surface area contributed by atoms with Gasteiger partial charge in [-0.2, -0.15) is 0 Å². The van der Waals surface area contributed by atoms with E-state index in [0.717, 1.165) is 0 Å². The molecular weight excluding hydrogens is 423 g/mol. The van der Waals surface area contributed by atoms with Gasteiger partial charge in [-0.1, -0.05) is 96.7 Å². The summed E-state index contributed by atoms with van der Waals surface area (Å²) < 4.78 is 0. The van der Waals surface area contributed by atoms with E-state index in [0.29, 0.717) is 0 Å². The molecule has 154 valence electrons. The van der Waals surface area contributed by atoms with E-state index < -0.39 is 7.26 Å². The molecule has 5 aromatic rings. The fraction of sp³-hybridized carbons (Fsp3) is 0. The molecule has 0 amide bonds. The van der Waals surface area contributed by atoms with E-state index >= 15 is 0 Å². The van der Waals surface area contributed by atoms with E-state index in [1.54, 1.807) is 0 Å². The molecule has 32 heavy (non-hydrogen) atoms. The molecule has 5 aromatic carbocycles. The Morgan fingerprint density at radius 1 is 0.375 bits per heavy atom. The van der Waals surface area contributed by atoms with Crippen LogP contribution in [0.4, 0.5) is 0 Å². The predicted octanol–water partition coefficient (Wildman–Crippen LogP) is 6.46. The molecule has 0 saturated carbocycles. The summed E-state index contributed by atoms with van der Waals surface area (Å²) in [6.07, 6.45) is 0. The van der Waals surface area contributed by atoms with Gasteiger partial charge < -0.3 is 0 Å². The summed E-state index contributed by atoms with van der Waals surface area (Å²) in [6.45, 7) is 0. The molecule has 0 aliphatic heterocycles. The summed E-state index contributed by atoms with van der Waals surface area (Å²) in [5.41, 5.74) is 0. The number of hydrogen-bond donors (Lipinski definition) is 0. The Hall–Kier alpha value is -3.12. The second-order valence-corrected chi connectivity index (χ2v) is 12.0. The smallest absolute Gasteiger partial charge is 0.0859 e. The maximum absolute atomic E-state index is 2.34. The van der Waals surface area contributed by atoms with Gasteiger partial charge in [0, 0.05) is 4.90 Å². The lowest BCUT2D eigenvalue weighted by Gasteiger charge is -2.29. The van der Waals surface area contributed by atoms with Crippen LogP contribution in [0.2, 0.25) is 0 Å². The summed E-state index contributed by atoms with van der Waals surface area (Å²) in [7, 11) is -2.10. The number of rotatable bonds is 6. The van der Waals surface area contributed by atoms with Crippen LogP contribution in [0.5, 0.6) is 0 Å². The van der Waals surface area contributed by atoms with E-state index in [1.807, 2.05) is 11.8 Å². The zero-order chi connectivity index (χ0) is 21.6. The van der Waals surface area contributed by atoms with Gasteiger partial charge in [-0.3, -0.25) is 0 Å². The van der Waals surface area contributed by atoms with Crippen LogP contribution in [0, 0.1) is 0 Å². The summed E-state index contributed by atoms with van der Waals surface area (Å²) >= 11 is 1.85. The van der Waals surface area contributed by atoms with E-state index in [4.69, 9.17) is 0 Å². The molecule has 0 spiro atoms. The zero-order valence-electron chi connectivity index (χ0n) is 17.7. The monoisotopic (exact) mass is 447 g/mol. The molecule has 0 atom stereocenters. The molecule has 0 unspecified atom stereocenters. The van der Waals surface area contributed by atoms with Crippen LogP contribution in [-0.4, -0.2) is 0 Å². The highest BCUT2D eigenvalue weighted by Gasteiger charge is 2.49. The highest BCUT2D eigenvalue weighted by atomic mass is 32.2. The van der Waals surface area contributed by atoms with Crippen LogP contribution in [0.1, 0.15) is 0 Å². The summed E-state index contributed by atoms with van der Waals surface area (Å²) in [4.78, 5) is 2.57. The van der Waals surface area contributed by atoms with Crippen molar-refractivity contribution in [2.75, 3.05) is 0 Å². The zero-order valence-corrected chi connectivity index (χ0v) is 19.4. The van der Waals surface area contributed by atoms with Crippen LogP contribution in [0.15, 0.2) is 155 Å².